The first kappa shape index (κ1) is 12.9. The second kappa shape index (κ2) is 5.37. The highest BCUT2D eigenvalue weighted by molar-refractivity contribution is 7.71. The summed E-state index contributed by atoms with van der Waals surface area (Å²) in [5.41, 5.74) is 2.34. The Bertz CT molecular complexity index is 604. The SMILES string of the molecule is COCc1nc(=S)cc(-c2cc(C)cc(F)c2)[nH]1. The molecule has 1 heterocycles. The molecule has 0 radical (unpaired) electrons. The molecule has 0 fully saturated rings. The third kappa shape index (κ3) is 3.00. The summed E-state index contributed by atoms with van der Waals surface area (Å²) in [5, 5.41) is 0. The third-order valence-electron chi connectivity index (χ3n) is 2.43. The molecule has 1 aromatic heterocycles. The largest absolute Gasteiger partial charge is 0.377 e. The van der Waals surface area contributed by atoms with Crippen molar-refractivity contribution in [1.29, 1.82) is 0 Å². The highest BCUT2D eigenvalue weighted by Crippen LogP contribution is 2.20. The van der Waals surface area contributed by atoms with Gasteiger partial charge in [-0.2, -0.15) is 0 Å². The van der Waals surface area contributed by atoms with E-state index in [4.69, 9.17) is 17.0 Å². The number of H-pyrrole nitrogens is 1. The molecule has 2 aromatic rings. The lowest BCUT2D eigenvalue weighted by Gasteiger charge is -2.07. The van der Waals surface area contributed by atoms with Gasteiger partial charge in [0.1, 0.15) is 22.9 Å². The zero-order valence-corrected chi connectivity index (χ0v) is 11.0. The Morgan fingerprint density at radius 2 is 2.11 bits per heavy atom. The molecule has 0 aliphatic heterocycles. The molecule has 18 heavy (non-hydrogen) atoms. The Hall–Kier alpha value is -1.59. The van der Waals surface area contributed by atoms with Crippen molar-refractivity contribution in [2.24, 2.45) is 0 Å². The summed E-state index contributed by atoms with van der Waals surface area (Å²) < 4.78 is 18.8. The lowest BCUT2D eigenvalue weighted by molar-refractivity contribution is 0.177. The molecule has 5 heteroatoms. The monoisotopic (exact) mass is 264 g/mol. The maximum absolute atomic E-state index is 13.4. The first-order valence-corrected chi connectivity index (χ1v) is 5.86. The molecule has 0 saturated heterocycles. The number of aryl methyl sites for hydroxylation is 1. The molecule has 1 N–H and O–H groups in total. The van der Waals surface area contributed by atoms with E-state index in [1.165, 1.54) is 12.1 Å². The fourth-order valence-corrected chi connectivity index (χ4v) is 1.99. The van der Waals surface area contributed by atoms with E-state index >= 15 is 0 Å². The Morgan fingerprint density at radius 1 is 1.33 bits per heavy atom. The zero-order valence-electron chi connectivity index (χ0n) is 10.2. The number of benzene rings is 1. The van der Waals surface area contributed by atoms with Gasteiger partial charge in [0.2, 0.25) is 0 Å². The van der Waals surface area contributed by atoms with Gasteiger partial charge in [-0.3, -0.25) is 0 Å². The van der Waals surface area contributed by atoms with Crippen LogP contribution in [0.1, 0.15) is 11.4 Å². The topological polar surface area (TPSA) is 37.9 Å². The molecule has 2 rings (SSSR count). The molecule has 3 nitrogen and oxygen atoms in total. The minimum Gasteiger partial charge on any atom is -0.377 e. The second-order valence-corrected chi connectivity index (χ2v) is 4.45. The van der Waals surface area contributed by atoms with Crippen LogP contribution < -0.4 is 0 Å². The van der Waals surface area contributed by atoms with E-state index in [-0.39, 0.29) is 5.82 Å². The van der Waals surface area contributed by atoms with Crippen molar-refractivity contribution in [1.82, 2.24) is 9.97 Å². The first-order chi connectivity index (χ1) is 8.58. The van der Waals surface area contributed by atoms with Crippen LogP contribution in [0.5, 0.6) is 0 Å². The highest BCUT2D eigenvalue weighted by Gasteiger charge is 2.04. The van der Waals surface area contributed by atoms with E-state index in [0.29, 0.717) is 17.1 Å². The summed E-state index contributed by atoms with van der Waals surface area (Å²) in [6.07, 6.45) is 0. The second-order valence-electron chi connectivity index (χ2n) is 4.03. The van der Waals surface area contributed by atoms with Crippen LogP contribution in [0, 0.1) is 17.4 Å². The van der Waals surface area contributed by atoms with Gasteiger partial charge in [0.05, 0.1) is 0 Å². The summed E-state index contributed by atoms with van der Waals surface area (Å²) in [6, 6.07) is 6.54. The number of rotatable bonds is 3. The zero-order chi connectivity index (χ0) is 13.1. The fourth-order valence-electron chi connectivity index (χ4n) is 1.76. The van der Waals surface area contributed by atoms with Crippen LogP contribution in [-0.4, -0.2) is 17.1 Å². The summed E-state index contributed by atoms with van der Waals surface area (Å²) in [7, 11) is 1.58. The predicted octanol–water partition coefficient (Wildman–Crippen LogP) is 3.40. The van der Waals surface area contributed by atoms with Gasteiger partial charge < -0.3 is 9.72 Å². The lowest BCUT2D eigenvalue weighted by atomic mass is 10.1. The predicted molar refractivity (Wildman–Crippen MR) is 70.3 cm³/mol. The molecule has 0 saturated carbocycles. The van der Waals surface area contributed by atoms with Crippen molar-refractivity contribution in [3.8, 4) is 11.3 Å². The van der Waals surface area contributed by atoms with Crippen LogP contribution in [0.3, 0.4) is 0 Å². The van der Waals surface area contributed by atoms with Crippen LogP contribution in [0.25, 0.3) is 11.3 Å². The summed E-state index contributed by atoms with van der Waals surface area (Å²) >= 11 is 5.09. The van der Waals surface area contributed by atoms with E-state index in [2.05, 4.69) is 9.97 Å². The van der Waals surface area contributed by atoms with Gasteiger partial charge in [-0.05, 0) is 36.8 Å². The molecular weight excluding hydrogens is 251 g/mol. The molecule has 1 aromatic carbocycles. The Kier molecular flexibility index (Phi) is 3.84. The van der Waals surface area contributed by atoms with Gasteiger partial charge in [-0.25, -0.2) is 9.37 Å². The maximum Gasteiger partial charge on any atom is 0.134 e. The molecule has 0 aliphatic rings. The van der Waals surface area contributed by atoms with Crippen molar-refractivity contribution in [3.05, 3.63) is 46.1 Å². The molecule has 0 amide bonds. The third-order valence-corrected chi connectivity index (χ3v) is 2.64. The number of ether oxygens (including phenoxy) is 1. The van der Waals surface area contributed by atoms with Crippen molar-refractivity contribution >= 4 is 12.2 Å². The normalized spacial score (nSPS) is 10.6. The van der Waals surface area contributed by atoms with Crippen LogP contribution in [0.2, 0.25) is 0 Å². The van der Waals surface area contributed by atoms with Crippen molar-refractivity contribution in [3.63, 3.8) is 0 Å². The van der Waals surface area contributed by atoms with E-state index in [9.17, 15) is 4.39 Å². The minimum atomic E-state index is -0.269. The number of hydrogen-bond acceptors (Lipinski definition) is 3. The first-order valence-electron chi connectivity index (χ1n) is 5.45. The number of methoxy groups -OCH3 is 1. The van der Waals surface area contributed by atoms with Gasteiger partial charge in [-0.1, -0.05) is 12.2 Å². The fraction of sp³-hybridized carbons (Fsp3) is 0.231. The van der Waals surface area contributed by atoms with Crippen LogP contribution in [0.15, 0.2) is 24.3 Å². The quantitative estimate of drug-likeness (QED) is 0.863. The molecule has 0 bridgehead atoms. The average molecular weight is 264 g/mol. The van der Waals surface area contributed by atoms with Crippen LogP contribution in [0.4, 0.5) is 4.39 Å². The standard InChI is InChI=1S/C13H13FN2OS/c1-8-3-9(5-10(14)4-8)11-6-13(18)16-12(15-11)7-17-2/h3-6H,7H2,1-2H3,(H,15,16,18). The van der Waals surface area contributed by atoms with Gasteiger partial charge in [-0.15, -0.1) is 0 Å². The minimum absolute atomic E-state index is 0.269. The van der Waals surface area contributed by atoms with E-state index in [1.54, 1.807) is 13.2 Å². The van der Waals surface area contributed by atoms with E-state index in [1.807, 2.05) is 13.0 Å². The Morgan fingerprint density at radius 3 is 2.78 bits per heavy atom. The van der Waals surface area contributed by atoms with Gasteiger partial charge >= 0.3 is 0 Å². The molecule has 0 spiro atoms. The number of halogens is 1. The van der Waals surface area contributed by atoms with Crippen molar-refractivity contribution < 1.29 is 9.13 Å². The molecule has 0 atom stereocenters. The average Bonchev–Trinajstić information content (AvgIpc) is 2.27. The molecular formula is C13H13FN2OS. The van der Waals surface area contributed by atoms with Gasteiger partial charge in [0.15, 0.2) is 0 Å². The molecule has 0 unspecified atom stereocenters. The van der Waals surface area contributed by atoms with Crippen molar-refractivity contribution in [2.45, 2.75) is 13.5 Å². The maximum atomic E-state index is 13.4. The van der Waals surface area contributed by atoms with Crippen molar-refractivity contribution in [2.75, 3.05) is 7.11 Å². The van der Waals surface area contributed by atoms with Gasteiger partial charge in [0, 0.05) is 18.4 Å². The number of aromatic nitrogens is 2. The van der Waals surface area contributed by atoms with Gasteiger partial charge in [0.25, 0.3) is 0 Å². The van der Waals surface area contributed by atoms with Crippen LogP contribution in [-0.2, 0) is 11.3 Å². The Balaban J connectivity index is 2.52. The number of nitrogens with one attached hydrogen (secondary N) is 1. The van der Waals surface area contributed by atoms with E-state index in [0.717, 1.165) is 16.8 Å². The number of hydrogen-bond donors (Lipinski definition) is 1. The summed E-state index contributed by atoms with van der Waals surface area (Å²) in [6.45, 7) is 2.18. The van der Waals surface area contributed by atoms with E-state index < -0.39 is 0 Å². The Labute approximate surface area is 110 Å². The smallest absolute Gasteiger partial charge is 0.134 e. The number of nitrogens with zero attached hydrogens (tertiary/aromatic N) is 1. The number of aromatic amines is 1. The summed E-state index contributed by atoms with van der Waals surface area (Å²) in [5.74, 6) is 0.358. The summed E-state index contributed by atoms with van der Waals surface area (Å²) in [4.78, 5) is 7.22. The highest BCUT2D eigenvalue weighted by atomic mass is 32.1. The molecule has 94 valence electrons. The lowest BCUT2D eigenvalue weighted by Crippen LogP contribution is -1.99. The molecule has 0 aliphatic carbocycles. The van der Waals surface area contributed by atoms with Crippen LogP contribution >= 0.6 is 12.2 Å².